The van der Waals surface area contributed by atoms with E-state index in [2.05, 4.69) is 0 Å². The van der Waals surface area contributed by atoms with Crippen molar-refractivity contribution in [2.75, 3.05) is 32.8 Å². The lowest BCUT2D eigenvalue weighted by Gasteiger charge is -2.34. The molecule has 32 heavy (non-hydrogen) atoms. The van der Waals surface area contributed by atoms with Gasteiger partial charge in [-0.15, -0.1) is 0 Å². The van der Waals surface area contributed by atoms with Crippen LogP contribution in [0.15, 0.2) is 65.6 Å². The molecule has 7 nitrogen and oxygen atoms in total. The van der Waals surface area contributed by atoms with Crippen LogP contribution in [0.2, 0.25) is 0 Å². The maximum absolute atomic E-state index is 13.3. The molecule has 0 N–H and O–H groups in total. The molecule has 1 heterocycles. The summed E-state index contributed by atoms with van der Waals surface area (Å²) in [5.74, 6) is 0.336. The zero-order valence-electron chi connectivity index (χ0n) is 17.7. The van der Waals surface area contributed by atoms with Gasteiger partial charge < -0.3 is 9.64 Å². The lowest BCUT2D eigenvalue weighted by atomic mass is 10.0. The Balaban J connectivity index is 1.55. The fourth-order valence-corrected chi connectivity index (χ4v) is 5.45. The maximum atomic E-state index is 13.3. The molecule has 0 spiro atoms. The largest absolute Gasteiger partial charge is 0.493 e. The molecular weight excluding hydrogens is 426 g/mol. The normalized spacial score (nSPS) is 14.8. The summed E-state index contributed by atoms with van der Waals surface area (Å²) in [7, 11) is -3.82. The van der Waals surface area contributed by atoms with Crippen molar-refractivity contribution in [3.63, 3.8) is 0 Å². The van der Waals surface area contributed by atoms with Gasteiger partial charge in [0.25, 0.3) is 5.91 Å². The predicted octanol–water partition coefficient (Wildman–Crippen LogP) is 3.26. The fraction of sp³-hybridized carbons (Fsp3) is 0.250. The number of hydrogen-bond donors (Lipinski definition) is 0. The molecule has 0 unspecified atom stereocenters. The second-order valence-corrected chi connectivity index (χ2v) is 9.34. The van der Waals surface area contributed by atoms with E-state index in [-0.39, 0.29) is 42.5 Å². The van der Waals surface area contributed by atoms with E-state index in [9.17, 15) is 18.5 Å². The maximum Gasteiger partial charge on any atom is 0.257 e. The van der Waals surface area contributed by atoms with Crippen molar-refractivity contribution in [1.82, 2.24) is 9.21 Å². The Morgan fingerprint density at radius 2 is 1.62 bits per heavy atom. The number of benzene rings is 3. The lowest BCUT2D eigenvalue weighted by molar-refractivity contribution is 0.0694. The van der Waals surface area contributed by atoms with E-state index in [4.69, 9.17) is 4.74 Å². The number of rotatable bonds is 5. The first-order valence-corrected chi connectivity index (χ1v) is 11.8. The molecule has 4 rings (SSSR count). The first-order valence-electron chi connectivity index (χ1n) is 10.4. The highest BCUT2D eigenvalue weighted by atomic mass is 32.2. The summed E-state index contributed by atoms with van der Waals surface area (Å²) in [4.78, 5) is 14.9. The molecule has 164 valence electrons. The molecule has 0 bridgehead atoms. The van der Waals surface area contributed by atoms with Gasteiger partial charge in [0.15, 0.2) is 0 Å². The van der Waals surface area contributed by atoms with E-state index >= 15 is 0 Å². The highest BCUT2D eigenvalue weighted by molar-refractivity contribution is 7.89. The number of fused-ring (bicyclic) bond motifs is 1. The zero-order valence-corrected chi connectivity index (χ0v) is 18.5. The minimum absolute atomic E-state index is 0.00422. The summed E-state index contributed by atoms with van der Waals surface area (Å²) in [5, 5.41) is 11.2. The van der Waals surface area contributed by atoms with Crippen molar-refractivity contribution < 1.29 is 17.9 Å². The Kier molecular flexibility index (Phi) is 6.12. The summed E-state index contributed by atoms with van der Waals surface area (Å²) in [6.45, 7) is 3.13. The van der Waals surface area contributed by atoms with Gasteiger partial charge in [0, 0.05) is 26.2 Å². The van der Waals surface area contributed by atoms with E-state index in [1.54, 1.807) is 17.0 Å². The van der Waals surface area contributed by atoms with Crippen molar-refractivity contribution in [1.29, 1.82) is 5.26 Å². The van der Waals surface area contributed by atoms with Crippen LogP contribution in [0.4, 0.5) is 0 Å². The molecule has 1 fully saturated rings. The third-order valence-electron chi connectivity index (χ3n) is 5.53. The van der Waals surface area contributed by atoms with Crippen molar-refractivity contribution in [2.45, 2.75) is 11.8 Å². The second-order valence-electron chi connectivity index (χ2n) is 7.43. The van der Waals surface area contributed by atoms with Gasteiger partial charge in [-0.05, 0) is 42.0 Å². The van der Waals surface area contributed by atoms with Crippen LogP contribution in [-0.4, -0.2) is 56.3 Å². The van der Waals surface area contributed by atoms with Crippen molar-refractivity contribution in [2.24, 2.45) is 0 Å². The topological polar surface area (TPSA) is 90.7 Å². The standard InChI is InChI=1S/C24H23N3O4S/c1-2-31-22-16-19-8-4-3-7-18(19)15-21(22)24(28)26-11-13-27(14-12-26)32(29,30)23-10-6-5-9-20(23)17-25/h3-10,15-16H,2,11-14H2,1H3. The number of sulfonamides is 1. The first-order chi connectivity index (χ1) is 15.5. The first kappa shape index (κ1) is 21.8. The quantitative estimate of drug-likeness (QED) is 0.596. The summed E-state index contributed by atoms with van der Waals surface area (Å²) < 4.78 is 33.2. The zero-order chi connectivity index (χ0) is 22.7. The van der Waals surface area contributed by atoms with Crippen LogP contribution in [0.3, 0.4) is 0 Å². The average Bonchev–Trinajstić information content (AvgIpc) is 2.83. The minimum Gasteiger partial charge on any atom is -0.493 e. The highest BCUT2D eigenvalue weighted by Crippen LogP contribution is 2.28. The van der Waals surface area contributed by atoms with E-state index in [1.807, 2.05) is 49.4 Å². The number of carbonyl (C=O) groups is 1. The van der Waals surface area contributed by atoms with E-state index in [0.717, 1.165) is 10.8 Å². The number of piperazine rings is 1. The number of carbonyl (C=O) groups excluding carboxylic acids is 1. The van der Waals surface area contributed by atoms with E-state index < -0.39 is 10.0 Å². The van der Waals surface area contributed by atoms with Gasteiger partial charge in [-0.25, -0.2) is 8.42 Å². The number of amides is 1. The molecule has 0 radical (unpaired) electrons. The van der Waals surface area contributed by atoms with Crippen LogP contribution >= 0.6 is 0 Å². The third kappa shape index (κ3) is 4.05. The molecular formula is C24H23N3O4S. The fourth-order valence-electron chi connectivity index (χ4n) is 3.89. The Morgan fingerprint density at radius 3 is 2.28 bits per heavy atom. The van der Waals surface area contributed by atoms with Gasteiger partial charge >= 0.3 is 0 Å². The molecule has 0 saturated carbocycles. The van der Waals surface area contributed by atoms with Gasteiger partial charge in [-0.2, -0.15) is 9.57 Å². The summed E-state index contributed by atoms with van der Waals surface area (Å²) in [6.07, 6.45) is 0. The van der Waals surface area contributed by atoms with Crippen LogP contribution in [0.25, 0.3) is 10.8 Å². The molecule has 8 heteroatoms. The van der Waals surface area contributed by atoms with Crippen molar-refractivity contribution in [3.05, 3.63) is 71.8 Å². The van der Waals surface area contributed by atoms with Crippen LogP contribution in [0.5, 0.6) is 5.75 Å². The number of hydrogen-bond acceptors (Lipinski definition) is 5. The Labute approximate surface area is 187 Å². The molecule has 0 aromatic heterocycles. The minimum atomic E-state index is -3.82. The number of nitriles is 1. The Bertz CT molecular complexity index is 1310. The van der Waals surface area contributed by atoms with Crippen LogP contribution in [0.1, 0.15) is 22.8 Å². The summed E-state index contributed by atoms with van der Waals surface area (Å²) >= 11 is 0. The highest BCUT2D eigenvalue weighted by Gasteiger charge is 2.32. The van der Waals surface area contributed by atoms with Crippen LogP contribution in [-0.2, 0) is 10.0 Å². The molecule has 0 atom stereocenters. The molecule has 3 aromatic carbocycles. The molecule has 1 aliphatic heterocycles. The molecule has 1 saturated heterocycles. The molecule has 0 aliphatic carbocycles. The summed E-state index contributed by atoms with van der Waals surface area (Å²) in [5.41, 5.74) is 0.584. The van der Waals surface area contributed by atoms with Crippen LogP contribution in [0, 0.1) is 11.3 Å². The second kappa shape index (κ2) is 8.99. The van der Waals surface area contributed by atoms with E-state index in [1.165, 1.54) is 16.4 Å². The van der Waals surface area contributed by atoms with Crippen molar-refractivity contribution in [3.8, 4) is 11.8 Å². The van der Waals surface area contributed by atoms with E-state index in [0.29, 0.717) is 17.9 Å². The van der Waals surface area contributed by atoms with Gasteiger partial charge in [-0.1, -0.05) is 36.4 Å². The average molecular weight is 450 g/mol. The Morgan fingerprint density at radius 1 is 1.00 bits per heavy atom. The smallest absolute Gasteiger partial charge is 0.257 e. The lowest BCUT2D eigenvalue weighted by Crippen LogP contribution is -2.50. The van der Waals surface area contributed by atoms with Crippen molar-refractivity contribution >= 4 is 26.7 Å². The van der Waals surface area contributed by atoms with Crippen LogP contribution < -0.4 is 4.74 Å². The molecule has 3 aromatic rings. The van der Waals surface area contributed by atoms with Gasteiger partial charge in [0.05, 0.1) is 22.6 Å². The number of ether oxygens (including phenoxy) is 1. The predicted molar refractivity (Wildman–Crippen MR) is 121 cm³/mol. The monoisotopic (exact) mass is 449 g/mol. The number of nitrogens with zero attached hydrogens (tertiary/aromatic N) is 3. The van der Waals surface area contributed by atoms with Gasteiger partial charge in [-0.3, -0.25) is 4.79 Å². The Hall–Kier alpha value is -3.41. The van der Waals surface area contributed by atoms with Gasteiger partial charge in [0.2, 0.25) is 10.0 Å². The third-order valence-corrected chi connectivity index (χ3v) is 7.49. The SMILES string of the molecule is CCOc1cc2ccccc2cc1C(=O)N1CCN(S(=O)(=O)c2ccccc2C#N)CC1. The van der Waals surface area contributed by atoms with Gasteiger partial charge in [0.1, 0.15) is 11.8 Å². The molecule has 1 amide bonds. The summed E-state index contributed by atoms with van der Waals surface area (Å²) in [6, 6.07) is 19.6. The molecule has 1 aliphatic rings.